The minimum Gasteiger partial charge on any atom is -0.477 e. The predicted octanol–water partition coefficient (Wildman–Crippen LogP) is 5.24. The minimum absolute atomic E-state index is 0.165. The topological polar surface area (TPSA) is 112 Å². The first-order valence-corrected chi connectivity index (χ1v) is 12.1. The third-order valence-corrected chi connectivity index (χ3v) is 5.55. The molecule has 1 aliphatic carbocycles. The Kier molecular flexibility index (Phi) is 11.7. The SMILES string of the molecule is CC.CCC#N.CCN.Cc1c(N2CCC(C)C2)c(F)cc2c(=O)c(C(=O)O)cn(C3CC3)c12. The Hall–Kier alpha value is -2.92. The van der Waals surface area contributed by atoms with Crippen molar-refractivity contribution in [1.29, 1.82) is 5.26 Å². The number of carbonyl (C=O) groups is 1. The Bertz CT molecular complexity index is 1070. The van der Waals surface area contributed by atoms with E-state index < -0.39 is 17.2 Å². The Morgan fingerprint density at radius 2 is 1.85 bits per heavy atom. The molecule has 1 atom stereocenters. The van der Waals surface area contributed by atoms with Gasteiger partial charge in [-0.15, -0.1) is 0 Å². The van der Waals surface area contributed by atoms with Crippen LogP contribution in [-0.4, -0.2) is 35.3 Å². The highest BCUT2D eigenvalue weighted by atomic mass is 19.1. The Balaban J connectivity index is 0.000000562. The zero-order chi connectivity index (χ0) is 26.0. The summed E-state index contributed by atoms with van der Waals surface area (Å²) < 4.78 is 16.8. The minimum atomic E-state index is -1.27. The maximum absolute atomic E-state index is 14.9. The van der Waals surface area contributed by atoms with Gasteiger partial charge in [0.25, 0.3) is 0 Å². The molecule has 2 fully saturated rings. The summed E-state index contributed by atoms with van der Waals surface area (Å²) in [5.41, 5.74) is 5.90. The fourth-order valence-corrected chi connectivity index (χ4v) is 3.99. The van der Waals surface area contributed by atoms with E-state index in [-0.39, 0.29) is 17.0 Å². The second kappa shape index (κ2) is 13.7. The third-order valence-electron chi connectivity index (χ3n) is 5.55. The van der Waals surface area contributed by atoms with Crippen molar-refractivity contribution in [2.24, 2.45) is 11.7 Å². The number of hydrogen-bond acceptors (Lipinski definition) is 5. The molecule has 2 heterocycles. The van der Waals surface area contributed by atoms with E-state index in [2.05, 4.69) is 6.92 Å². The summed E-state index contributed by atoms with van der Waals surface area (Å²) in [6, 6.07) is 3.35. The second-order valence-corrected chi connectivity index (χ2v) is 8.30. The van der Waals surface area contributed by atoms with E-state index >= 15 is 0 Å². The second-order valence-electron chi connectivity index (χ2n) is 8.30. The summed E-state index contributed by atoms with van der Waals surface area (Å²) >= 11 is 0. The molecule has 1 saturated heterocycles. The number of fused-ring (bicyclic) bond motifs is 1. The molecular formula is C26H39FN4O3. The zero-order valence-corrected chi connectivity index (χ0v) is 21.3. The molecule has 2 aromatic rings. The van der Waals surface area contributed by atoms with Crippen LogP contribution in [0.1, 0.15) is 82.3 Å². The van der Waals surface area contributed by atoms with Gasteiger partial charge in [-0.1, -0.05) is 34.6 Å². The molecule has 0 radical (unpaired) electrons. The number of aryl methyl sites for hydroxylation is 1. The van der Waals surface area contributed by atoms with Gasteiger partial charge in [0, 0.05) is 37.1 Å². The fraction of sp³-hybridized carbons (Fsp3) is 0.577. The van der Waals surface area contributed by atoms with Crippen LogP contribution in [0.4, 0.5) is 10.1 Å². The molecule has 1 aliphatic heterocycles. The van der Waals surface area contributed by atoms with E-state index in [9.17, 15) is 19.1 Å². The number of benzene rings is 1. The third kappa shape index (κ3) is 6.80. The van der Waals surface area contributed by atoms with Gasteiger partial charge in [-0.05, 0) is 50.3 Å². The van der Waals surface area contributed by atoms with Gasteiger partial charge in [-0.2, -0.15) is 5.26 Å². The van der Waals surface area contributed by atoms with Crippen molar-refractivity contribution in [3.63, 3.8) is 0 Å². The molecule has 188 valence electrons. The monoisotopic (exact) mass is 474 g/mol. The molecule has 0 bridgehead atoms. The maximum atomic E-state index is 14.9. The van der Waals surface area contributed by atoms with Gasteiger partial charge in [-0.3, -0.25) is 4.79 Å². The predicted molar refractivity (Wildman–Crippen MR) is 136 cm³/mol. The quantitative estimate of drug-likeness (QED) is 0.629. The average Bonchev–Trinajstić information content (AvgIpc) is 3.57. The van der Waals surface area contributed by atoms with Crippen molar-refractivity contribution in [3.8, 4) is 6.07 Å². The van der Waals surface area contributed by atoms with E-state index in [1.54, 1.807) is 0 Å². The van der Waals surface area contributed by atoms with E-state index in [1.807, 2.05) is 50.2 Å². The summed E-state index contributed by atoms with van der Waals surface area (Å²) in [6.07, 6.45) is 4.98. The number of nitrogens with two attached hydrogens (primary N) is 1. The van der Waals surface area contributed by atoms with Crippen LogP contribution in [-0.2, 0) is 0 Å². The van der Waals surface area contributed by atoms with E-state index in [1.165, 1.54) is 12.3 Å². The zero-order valence-electron chi connectivity index (χ0n) is 21.3. The number of carboxylic acid groups (broad SMARTS) is 1. The number of anilines is 1. The Morgan fingerprint density at radius 1 is 1.29 bits per heavy atom. The van der Waals surface area contributed by atoms with Crippen molar-refractivity contribution in [2.45, 2.75) is 73.3 Å². The van der Waals surface area contributed by atoms with Crippen LogP contribution in [0.2, 0.25) is 0 Å². The summed E-state index contributed by atoms with van der Waals surface area (Å²) in [7, 11) is 0. The molecule has 3 N–H and O–H groups in total. The lowest BCUT2D eigenvalue weighted by atomic mass is 10.0. The van der Waals surface area contributed by atoms with Crippen LogP contribution < -0.4 is 16.1 Å². The molecule has 8 heteroatoms. The number of halogens is 1. The van der Waals surface area contributed by atoms with Crippen LogP contribution >= 0.6 is 0 Å². The summed E-state index contributed by atoms with van der Waals surface area (Å²) in [4.78, 5) is 26.1. The van der Waals surface area contributed by atoms with E-state index in [4.69, 9.17) is 11.0 Å². The number of carboxylic acids is 1. The Labute approximate surface area is 202 Å². The smallest absolute Gasteiger partial charge is 0.341 e. The van der Waals surface area contributed by atoms with Gasteiger partial charge in [-0.25, -0.2) is 9.18 Å². The van der Waals surface area contributed by atoms with Gasteiger partial charge < -0.3 is 20.3 Å². The first kappa shape index (κ1) is 29.1. The molecule has 0 spiro atoms. The lowest BCUT2D eigenvalue weighted by molar-refractivity contribution is 0.0695. The molecule has 1 aromatic heterocycles. The van der Waals surface area contributed by atoms with Gasteiger partial charge in [0.05, 0.1) is 17.3 Å². The maximum Gasteiger partial charge on any atom is 0.341 e. The molecule has 2 aliphatic rings. The highest BCUT2D eigenvalue weighted by Gasteiger charge is 2.30. The number of nitriles is 1. The highest BCUT2D eigenvalue weighted by Crippen LogP contribution is 2.40. The number of aromatic nitrogens is 1. The number of hydrogen-bond donors (Lipinski definition) is 2. The lowest BCUT2D eigenvalue weighted by Crippen LogP contribution is -2.24. The first-order chi connectivity index (χ1) is 16.2. The molecule has 7 nitrogen and oxygen atoms in total. The first-order valence-electron chi connectivity index (χ1n) is 12.1. The number of nitrogens with zero attached hydrogens (tertiary/aromatic N) is 3. The van der Waals surface area contributed by atoms with Crippen LogP contribution in [0.3, 0.4) is 0 Å². The summed E-state index contributed by atoms with van der Waals surface area (Å²) in [5, 5.41) is 17.1. The molecule has 1 aromatic carbocycles. The molecule has 4 rings (SSSR count). The summed E-state index contributed by atoms with van der Waals surface area (Å²) in [6.45, 7) is 14.0. The van der Waals surface area contributed by atoms with Gasteiger partial charge in [0.2, 0.25) is 5.43 Å². The van der Waals surface area contributed by atoms with Crippen LogP contribution in [0.15, 0.2) is 17.1 Å². The van der Waals surface area contributed by atoms with Crippen LogP contribution in [0.5, 0.6) is 0 Å². The molecule has 34 heavy (non-hydrogen) atoms. The molecular weight excluding hydrogens is 435 g/mol. The standard InChI is InChI=1S/C19H21FN2O3.C3H5N.C2H7N.C2H6/c1-10-5-6-21(8-10)17-11(2)16-13(7-15(17)20)18(23)14(19(24)25)9-22(16)12-3-4-12;1-2-3-4;1-2-3;1-2/h7,9-10,12H,3-6,8H2,1-2H3,(H,24,25);2H2,1H3;2-3H2,1H3;1-2H3. The highest BCUT2D eigenvalue weighted by molar-refractivity contribution is 5.95. The fourth-order valence-electron chi connectivity index (χ4n) is 3.99. The van der Waals surface area contributed by atoms with Gasteiger partial charge >= 0.3 is 5.97 Å². The molecule has 1 saturated carbocycles. The number of pyridine rings is 1. The van der Waals surface area contributed by atoms with Gasteiger partial charge in [0.1, 0.15) is 11.4 Å². The van der Waals surface area contributed by atoms with Crippen molar-refractivity contribution < 1.29 is 14.3 Å². The van der Waals surface area contributed by atoms with E-state index in [0.717, 1.165) is 44.5 Å². The number of rotatable bonds is 3. The van der Waals surface area contributed by atoms with Crippen molar-refractivity contribution in [1.82, 2.24) is 4.57 Å². The lowest BCUT2D eigenvalue weighted by Gasteiger charge is -2.24. The van der Waals surface area contributed by atoms with E-state index in [0.29, 0.717) is 23.5 Å². The van der Waals surface area contributed by atoms with Crippen molar-refractivity contribution in [2.75, 3.05) is 24.5 Å². The van der Waals surface area contributed by atoms with Crippen LogP contribution in [0, 0.1) is 30.0 Å². The average molecular weight is 475 g/mol. The van der Waals surface area contributed by atoms with Crippen molar-refractivity contribution >= 4 is 22.6 Å². The number of aromatic carboxylic acids is 1. The van der Waals surface area contributed by atoms with Crippen LogP contribution in [0.25, 0.3) is 10.9 Å². The van der Waals surface area contributed by atoms with Crippen molar-refractivity contribution in [3.05, 3.63) is 39.4 Å². The molecule has 0 amide bonds. The Morgan fingerprint density at radius 3 is 2.26 bits per heavy atom. The summed E-state index contributed by atoms with van der Waals surface area (Å²) in [5.74, 6) is -1.20. The largest absolute Gasteiger partial charge is 0.477 e. The van der Waals surface area contributed by atoms with Gasteiger partial charge in [0.15, 0.2) is 0 Å². The normalized spacial score (nSPS) is 16.3. The molecule has 1 unspecified atom stereocenters.